The van der Waals surface area contributed by atoms with Crippen molar-refractivity contribution < 1.29 is 26.8 Å². The Hall–Kier alpha value is -5.69. The molecule has 6 aromatic rings. The van der Waals surface area contributed by atoms with Crippen molar-refractivity contribution in [2.45, 2.75) is 18.4 Å². The van der Waals surface area contributed by atoms with Crippen LogP contribution in [0.4, 0.5) is 10.2 Å². The van der Waals surface area contributed by atoms with Crippen molar-refractivity contribution >= 4 is 26.7 Å². The number of methoxy groups -OCH3 is 2. The van der Waals surface area contributed by atoms with E-state index in [9.17, 15) is 18.0 Å². The topological polar surface area (TPSA) is 126 Å². The number of ether oxygens (including phenoxy) is 2. The summed E-state index contributed by atoms with van der Waals surface area (Å²) in [5, 5.41) is 4.24. The molecule has 0 unspecified atom stereocenters. The van der Waals surface area contributed by atoms with Crippen molar-refractivity contribution in [2.24, 2.45) is 0 Å². The Morgan fingerprint density at radius 1 is 0.870 bits per heavy atom. The van der Waals surface area contributed by atoms with E-state index in [-0.39, 0.29) is 34.4 Å². The largest absolute Gasteiger partial charge is 0.497 e. The molecule has 0 bridgehead atoms. The molecule has 0 saturated carbocycles. The minimum Gasteiger partial charge on any atom is -0.497 e. The molecular formula is C33H27FN4O7S. The quantitative estimate of drug-likeness (QED) is 0.216. The van der Waals surface area contributed by atoms with E-state index < -0.39 is 27.0 Å². The number of anilines is 1. The first-order valence-corrected chi connectivity index (χ1v) is 15.3. The molecule has 0 N–H and O–H groups in total. The van der Waals surface area contributed by atoms with Crippen molar-refractivity contribution in [2.75, 3.05) is 18.5 Å². The number of pyridine rings is 2. The van der Waals surface area contributed by atoms with Crippen LogP contribution in [-0.2, 0) is 16.6 Å². The van der Waals surface area contributed by atoms with E-state index in [0.29, 0.717) is 22.2 Å². The van der Waals surface area contributed by atoms with Crippen LogP contribution in [0, 0.1) is 12.7 Å². The van der Waals surface area contributed by atoms with Crippen molar-refractivity contribution in [1.29, 1.82) is 0 Å². The lowest BCUT2D eigenvalue weighted by atomic mass is 10.1. The summed E-state index contributed by atoms with van der Waals surface area (Å²) >= 11 is 0. The van der Waals surface area contributed by atoms with Crippen molar-refractivity contribution in [1.82, 2.24) is 14.3 Å². The summed E-state index contributed by atoms with van der Waals surface area (Å²) in [6.45, 7) is 1.70. The highest BCUT2D eigenvalue weighted by molar-refractivity contribution is 7.92. The molecule has 0 saturated heterocycles. The molecule has 0 fully saturated rings. The van der Waals surface area contributed by atoms with Crippen LogP contribution in [0.3, 0.4) is 0 Å². The number of hydrogen-bond acceptors (Lipinski definition) is 8. The number of nitrogens with zero attached hydrogens (tertiary/aromatic N) is 4. The van der Waals surface area contributed by atoms with Gasteiger partial charge < -0.3 is 14.0 Å². The van der Waals surface area contributed by atoms with Gasteiger partial charge in [-0.05, 0) is 60.5 Å². The summed E-state index contributed by atoms with van der Waals surface area (Å²) in [6.07, 6.45) is 2.73. The highest BCUT2D eigenvalue weighted by Gasteiger charge is 2.28. The van der Waals surface area contributed by atoms with E-state index in [2.05, 4.69) is 5.16 Å². The summed E-state index contributed by atoms with van der Waals surface area (Å²) in [4.78, 5) is 25.7. The SMILES string of the molecule is COc1ccc(CN(c2ccon2)S(=O)(=O)c2ccc3c(ccc(=O)n3-c3cc(F)c(-n4ccc(C)cc4=O)cc3OC)c2)cc1. The average molecular weight is 643 g/mol. The van der Waals surface area contributed by atoms with E-state index in [0.717, 1.165) is 20.5 Å². The van der Waals surface area contributed by atoms with Crippen LogP contribution in [0.1, 0.15) is 11.1 Å². The number of fused-ring (bicyclic) bond motifs is 1. The summed E-state index contributed by atoms with van der Waals surface area (Å²) in [6, 6.07) is 20.8. The molecule has 0 spiro atoms. The lowest BCUT2D eigenvalue weighted by molar-refractivity contribution is 0.411. The monoisotopic (exact) mass is 642 g/mol. The molecular weight excluding hydrogens is 615 g/mol. The third-order valence-corrected chi connectivity index (χ3v) is 9.19. The second kappa shape index (κ2) is 12.0. The Morgan fingerprint density at radius 3 is 2.33 bits per heavy atom. The van der Waals surface area contributed by atoms with Crippen molar-refractivity contribution in [3.05, 3.63) is 135 Å². The summed E-state index contributed by atoms with van der Waals surface area (Å²) in [7, 11) is -1.31. The maximum absolute atomic E-state index is 15.6. The molecule has 11 nitrogen and oxygen atoms in total. The van der Waals surface area contributed by atoms with Crippen molar-refractivity contribution in [3.8, 4) is 22.9 Å². The van der Waals surface area contributed by atoms with E-state index >= 15 is 4.39 Å². The molecule has 234 valence electrons. The van der Waals surface area contributed by atoms with Crippen LogP contribution in [0.2, 0.25) is 0 Å². The van der Waals surface area contributed by atoms with Gasteiger partial charge in [-0.3, -0.25) is 18.7 Å². The van der Waals surface area contributed by atoms with Crippen LogP contribution in [0.25, 0.3) is 22.3 Å². The van der Waals surface area contributed by atoms with Gasteiger partial charge in [0, 0.05) is 41.9 Å². The van der Waals surface area contributed by atoms with Crippen LogP contribution >= 0.6 is 0 Å². The van der Waals surface area contributed by atoms with Gasteiger partial charge in [-0.25, -0.2) is 17.1 Å². The molecule has 6 rings (SSSR count). The average Bonchev–Trinajstić information content (AvgIpc) is 3.58. The van der Waals surface area contributed by atoms with E-state index in [1.807, 2.05) is 0 Å². The fourth-order valence-corrected chi connectivity index (χ4v) is 6.54. The maximum atomic E-state index is 15.6. The first kappa shape index (κ1) is 30.3. The fourth-order valence-electron chi connectivity index (χ4n) is 5.11. The smallest absolute Gasteiger partial charge is 0.265 e. The van der Waals surface area contributed by atoms with Gasteiger partial charge in [0.05, 0.1) is 42.6 Å². The van der Waals surface area contributed by atoms with Gasteiger partial charge in [-0.15, -0.1) is 0 Å². The second-order valence-corrected chi connectivity index (χ2v) is 12.2. The third-order valence-electron chi connectivity index (χ3n) is 7.44. The molecule has 0 amide bonds. The zero-order chi connectivity index (χ0) is 32.6. The Morgan fingerprint density at radius 2 is 1.65 bits per heavy atom. The molecule has 3 heterocycles. The number of halogens is 1. The zero-order valence-corrected chi connectivity index (χ0v) is 25.7. The van der Waals surface area contributed by atoms with Gasteiger partial charge in [0.2, 0.25) is 0 Å². The van der Waals surface area contributed by atoms with Gasteiger partial charge in [0.15, 0.2) is 5.82 Å². The first-order chi connectivity index (χ1) is 22.1. The molecule has 13 heteroatoms. The second-order valence-electron chi connectivity index (χ2n) is 10.3. The molecule has 0 atom stereocenters. The Balaban J connectivity index is 1.45. The molecule has 0 aliphatic rings. The number of rotatable bonds is 9. The highest BCUT2D eigenvalue weighted by atomic mass is 32.2. The number of benzene rings is 3. The number of hydrogen-bond donors (Lipinski definition) is 0. The Bertz CT molecular complexity index is 2300. The van der Waals surface area contributed by atoms with Gasteiger partial charge in [-0.1, -0.05) is 17.3 Å². The molecule has 0 aliphatic carbocycles. The van der Waals surface area contributed by atoms with Crippen LogP contribution in [0.15, 0.2) is 116 Å². The van der Waals surface area contributed by atoms with Crippen LogP contribution in [0.5, 0.6) is 11.5 Å². The molecule has 3 aromatic carbocycles. The molecule has 0 radical (unpaired) electrons. The number of sulfonamides is 1. The van der Waals surface area contributed by atoms with Crippen LogP contribution in [-0.4, -0.2) is 36.9 Å². The number of aromatic nitrogens is 3. The summed E-state index contributed by atoms with van der Waals surface area (Å²) in [5.41, 5.74) is 0.760. The number of aryl methyl sites for hydroxylation is 1. The minimum absolute atomic E-state index is 0.0523. The third kappa shape index (κ3) is 5.52. The lowest BCUT2D eigenvalue weighted by Crippen LogP contribution is -2.31. The van der Waals surface area contributed by atoms with Gasteiger partial charge >= 0.3 is 0 Å². The highest BCUT2D eigenvalue weighted by Crippen LogP contribution is 2.32. The van der Waals surface area contributed by atoms with Crippen molar-refractivity contribution in [3.63, 3.8) is 0 Å². The summed E-state index contributed by atoms with van der Waals surface area (Å²) < 4.78 is 62.8. The van der Waals surface area contributed by atoms with Gasteiger partial charge in [0.25, 0.3) is 21.1 Å². The lowest BCUT2D eigenvalue weighted by Gasteiger charge is -2.22. The zero-order valence-electron chi connectivity index (χ0n) is 24.9. The standard InChI is InChI=1S/C33H27FN4O7S/c1-21-12-14-36(33(40)16-21)28-19-30(44-3)29(18-26(28)34)38-27-10-9-25(17-23(27)6-11-32(38)39)46(41,42)37(31-13-15-45-35-31)20-22-4-7-24(43-2)8-5-22/h4-19H,20H2,1-3H3. The van der Waals surface area contributed by atoms with E-state index in [1.165, 1.54) is 79.8 Å². The normalized spacial score (nSPS) is 11.5. The van der Waals surface area contributed by atoms with E-state index in [4.69, 9.17) is 14.0 Å². The Kier molecular flexibility index (Phi) is 7.92. The summed E-state index contributed by atoms with van der Waals surface area (Å²) in [5.74, 6) is 0.0442. The predicted molar refractivity (Wildman–Crippen MR) is 169 cm³/mol. The van der Waals surface area contributed by atoms with Gasteiger partial charge in [0.1, 0.15) is 23.6 Å². The first-order valence-electron chi connectivity index (χ1n) is 13.9. The maximum Gasteiger partial charge on any atom is 0.265 e. The van der Waals surface area contributed by atoms with E-state index in [1.54, 1.807) is 37.3 Å². The van der Waals surface area contributed by atoms with Crippen LogP contribution < -0.4 is 24.9 Å². The molecule has 3 aromatic heterocycles. The molecule has 0 aliphatic heterocycles. The molecule has 46 heavy (non-hydrogen) atoms. The fraction of sp³-hybridized carbons (Fsp3) is 0.121. The minimum atomic E-state index is -4.20. The predicted octanol–water partition coefficient (Wildman–Crippen LogP) is 4.99. The Labute approximate surface area is 262 Å². The van der Waals surface area contributed by atoms with Gasteiger partial charge in [-0.2, -0.15) is 0 Å².